The molecule has 0 fully saturated rings. The Morgan fingerprint density at radius 2 is 1.24 bits per heavy atom. The molecule has 0 aliphatic carbocycles. The second kappa shape index (κ2) is 14.4. The monoisotopic (exact) mass is 891 g/mol. The van der Waals surface area contributed by atoms with Gasteiger partial charge in [0.15, 0.2) is 0 Å². The summed E-state index contributed by atoms with van der Waals surface area (Å²) in [6.45, 7) is 2.11. The van der Waals surface area contributed by atoms with E-state index in [0.717, 1.165) is 83.2 Å². The van der Waals surface area contributed by atoms with E-state index >= 15 is 0 Å². The van der Waals surface area contributed by atoms with Gasteiger partial charge in [-0.1, -0.05) is 114 Å². The summed E-state index contributed by atoms with van der Waals surface area (Å²) in [5, 5.41) is 3.35. The molecule has 54 heavy (non-hydrogen) atoms. The first-order valence-electron chi connectivity index (χ1n) is 17.5. The number of rotatable bonds is 7. The second-order valence-corrected chi connectivity index (χ2v) is 13.6. The molecule has 6 aromatic carbocycles. The number of fused-ring (bicyclic) bond motifs is 4. The van der Waals surface area contributed by atoms with Crippen LogP contribution in [0.1, 0.15) is 22.3 Å². The summed E-state index contributed by atoms with van der Waals surface area (Å²) in [6, 6.07) is 64.8. The predicted molar refractivity (Wildman–Crippen MR) is 218 cm³/mol. The van der Waals surface area contributed by atoms with Crippen LogP contribution in [0.3, 0.4) is 0 Å². The molecule has 0 N–H and O–H groups in total. The standard InChI is InChI=1S/C47H30N5S.Pt/c1-4-15-33(16-5-1)44(34-17-6-2-7-18-34)45(36-26-27-40-39-23-10-11-24-41(39)52(42(40)30-36)43-25-12-13-28-48-43)35-19-14-22-38(29-35)50-32-51(37-20-8-3-9-21-37)47-46(50)49-31-53-47;/h1-28,31-32H;/q-3;. The Morgan fingerprint density at radius 3 is 1.98 bits per heavy atom. The molecule has 5 nitrogen and oxygen atoms in total. The van der Waals surface area contributed by atoms with Crippen molar-refractivity contribution in [3.8, 4) is 5.82 Å². The first-order valence-corrected chi connectivity index (χ1v) is 18.4. The van der Waals surface area contributed by atoms with E-state index in [1.54, 1.807) is 11.3 Å². The van der Waals surface area contributed by atoms with Crippen molar-refractivity contribution in [2.45, 2.75) is 0 Å². The van der Waals surface area contributed by atoms with Gasteiger partial charge in [0.05, 0.1) is 5.51 Å². The van der Waals surface area contributed by atoms with Crippen LogP contribution in [0.5, 0.6) is 0 Å². The molecule has 0 bridgehead atoms. The zero-order valence-corrected chi connectivity index (χ0v) is 31.9. The summed E-state index contributed by atoms with van der Waals surface area (Å²) in [5.74, 6) is 1.74. The maximum atomic E-state index is 4.81. The maximum Gasteiger partial charge on any atom is 0.136 e. The molecule has 1 aliphatic heterocycles. The summed E-state index contributed by atoms with van der Waals surface area (Å²) >= 11 is 1.63. The number of hydrogen-bond donors (Lipinski definition) is 0. The van der Waals surface area contributed by atoms with Gasteiger partial charge in [0, 0.05) is 38.5 Å². The third-order valence-electron chi connectivity index (χ3n) is 9.66. The number of hydrogen-bond acceptors (Lipinski definition) is 5. The van der Waals surface area contributed by atoms with Crippen LogP contribution in [0.25, 0.3) is 38.8 Å². The molecule has 0 saturated carbocycles. The average molecular weight is 892 g/mol. The minimum Gasteiger partial charge on any atom is -0.472 e. The molecule has 0 amide bonds. The predicted octanol–water partition coefficient (Wildman–Crippen LogP) is 11.6. The van der Waals surface area contributed by atoms with Crippen molar-refractivity contribution in [1.29, 1.82) is 0 Å². The Morgan fingerprint density at radius 1 is 0.556 bits per heavy atom. The Hall–Kier alpha value is -6.07. The van der Waals surface area contributed by atoms with Crippen LogP contribution >= 0.6 is 11.3 Å². The summed E-state index contributed by atoms with van der Waals surface area (Å²) in [5.41, 5.74) is 12.2. The van der Waals surface area contributed by atoms with Crippen LogP contribution in [0, 0.1) is 18.8 Å². The first-order chi connectivity index (χ1) is 26.3. The fourth-order valence-electron chi connectivity index (χ4n) is 7.32. The second-order valence-electron chi connectivity index (χ2n) is 12.8. The molecule has 3 aromatic heterocycles. The number of benzene rings is 6. The van der Waals surface area contributed by atoms with E-state index in [-0.39, 0.29) is 21.1 Å². The number of aromatic nitrogens is 3. The molecule has 4 heterocycles. The van der Waals surface area contributed by atoms with E-state index in [2.05, 4.69) is 179 Å². The minimum atomic E-state index is 0. The van der Waals surface area contributed by atoms with Gasteiger partial charge in [0.25, 0.3) is 0 Å². The number of nitrogens with zero attached hydrogens (tertiary/aromatic N) is 5. The summed E-state index contributed by atoms with van der Waals surface area (Å²) in [4.78, 5) is 13.9. The summed E-state index contributed by atoms with van der Waals surface area (Å²) in [7, 11) is 0. The molecule has 0 atom stereocenters. The van der Waals surface area contributed by atoms with Crippen LogP contribution in [-0.4, -0.2) is 14.5 Å². The zero-order chi connectivity index (χ0) is 35.1. The molecule has 0 unspecified atom stereocenters. The Bertz CT molecular complexity index is 2720. The molecule has 0 spiro atoms. The number of pyridine rings is 1. The van der Waals surface area contributed by atoms with E-state index < -0.39 is 0 Å². The molecule has 262 valence electrons. The number of para-hydroxylation sites is 2. The first kappa shape index (κ1) is 33.7. The van der Waals surface area contributed by atoms with Crippen molar-refractivity contribution in [3.63, 3.8) is 0 Å². The Balaban J connectivity index is 0.00000384. The van der Waals surface area contributed by atoms with Gasteiger partial charge in [-0.25, -0.2) is 9.97 Å². The Kier molecular flexibility index (Phi) is 8.99. The van der Waals surface area contributed by atoms with Gasteiger partial charge in [-0.05, 0) is 57.9 Å². The quantitative estimate of drug-likeness (QED) is 0.118. The van der Waals surface area contributed by atoms with Crippen molar-refractivity contribution in [1.82, 2.24) is 14.5 Å². The van der Waals surface area contributed by atoms with Crippen molar-refractivity contribution >= 4 is 66.5 Å². The third-order valence-corrected chi connectivity index (χ3v) is 10.5. The Labute approximate surface area is 332 Å². The average Bonchev–Trinajstić information content (AvgIpc) is 3.94. The molecule has 10 rings (SSSR count). The van der Waals surface area contributed by atoms with Gasteiger partial charge >= 0.3 is 0 Å². The molecule has 1 aliphatic rings. The van der Waals surface area contributed by atoms with E-state index in [9.17, 15) is 0 Å². The van der Waals surface area contributed by atoms with Crippen LogP contribution < -0.4 is 9.80 Å². The van der Waals surface area contributed by atoms with Crippen molar-refractivity contribution in [2.24, 2.45) is 0 Å². The fraction of sp³-hybridized carbons (Fsp3) is 0. The zero-order valence-electron chi connectivity index (χ0n) is 28.8. The van der Waals surface area contributed by atoms with Crippen molar-refractivity contribution in [2.75, 3.05) is 9.80 Å². The molecular formula is C47H30N5PtS-3. The van der Waals surface area contributed by atoms with Gasteiger partial charge in [0.1, 0.15) is 16.6 Å². The minimum absolute atomic E-state index is 0. The van der Waals surface area contributed by atoms with Crippen LogP contribution in [0.2, 0.25) is 0 Å². The van der Waals surface area contributed by atoms with Crippen molar-refractivity contribution < 1.29 is 21.1 Å². The molecule has 0 radical (unpaired) electrons. The van der Waals surface area contributed by atoms with E-state index in [0.29, 0.717) is 0 Å². The fourth-order valence-corrected chi connectivity index (χ4v) is 8.10. The maximum absolute atomic E-state index is 4.81. The third kappa shape index (κ3) is 5.85. The normalized spacial score (nSPS) is 12.1. The smallest absolute Gasteiger partial charge is 0.136 e. The van der Waals surface area contributed by atoms with Gasteiger partial charge in [0.2, 0.25) is 0 Å². The van der Waals surface area contributed by atoms with E-state index in [1.807, 2.05) is 29.9 Å². The van der Waals surface area contributed by atoms with Crippen molar-refractivity contribution in [3.05, 3.63) is 217 Å². The van der Waals surface area contributed by atoms with Gasteiger partial charge in [-0.15, -0.1) is 77.2 Å². The molecule has 0 saturated heterocycles. The van der Waals surface area contributed by atoms with Crippen LogP contribution in [0.4, 0.5) is 22.2 Å². The molecular weight excluding hydrogens is 862 g/mol. The summed E-state index contributed by atoms with van der Waals surface area (Å²) in [6.07, 6.45) is 1.84. The van der Waals surface area contributed by atoms with Crippen LogP contribution in [0.15, 0.2) is 175 Å². The van der Waals surface area contributed by atoms with E-state index in [1.165, 1.54) is 0 Å². The largest absolute Gasteiger partial charge is 0.472 e. The number of anilines is 4. The van der Waals surface area contributed by atoms with E-state index in [4.69, 9.17) is 9.97 Å². The van der Waals surface area contributed by atoms with Gasteiger partial charge < -0.3 is 14.4 Å². The topological polar surface area (TPSA) is 37.2 Å². The van der Waals surface area contributed by atoms with Crippen LogP contribution in [-0.2, 0) is 21.1 Å². The molecule has 7 heteroatoms. The molecule has 9 aromatic rings. The SMILES string of the molecule is [Pt].[c-]1c(C(=C(c2ccccc2)c2ccccc2)c2[c-]c3c(cc2)c2ccccc2n3-c2ccccn2)cccc1N1[CH-]N(c2ccccc2)c2scnc21. The van der Waals surface area contributed by atoms with Gasteiger partial charge in [-0.3, -0.25) is 0 Å². The number of thiazole rings is 1. The van der Waals surface area contributed by atoms with Gasteiger partial charge in [-0.2, -0.15) is 0 Å². The summed E-state index contributed by atoms with van der Waals surface area (Å²) < 4.78 is 2.22.